The van der Waals surface area contributed by atoms with Crippen LogP contribution in [-0.4, -0.2) is 24.5 Å². The number of pyridine rings is 1. The Labute approximate surface area is 189 Å². The highest BCUT2D eigenvalue weighted by molar-refractivity contribution is 5.95. The Morgan fingerprint density at radius 3 is 2.62 bits per heavy atom. The average molecular weight is 432 g/mol. The summed E-state index contributed by atoms with van der Waals surface area (Å²) in [6, 6.07) is 18.3. The van der Waals surface area contributed by atoms with Crippen LogP contribution in [0.2, 0.25) is 0 Å². The zero-order chi connectivity index (χ0) is 22.3. The Hall–Kier alpha value is -3.38. The highest BCUT2D eigenvalue weighted by Gasteiger charge is 2.21. The third-order valence-electron chi connectivity index (χ3n) is 5.74. The molecule has 0 spiro atoms. The second-order valence-electron chi connectivity index (χ2n) is 7.98. The Morgan fingerprint density at radius 2 is 1.94 bits per heavy atom. The lowest BCUT2D eigenvalue weighted by atomic mass is 10.1. The fraction of sp³-hybridized carbons (Fsp3) is 0.308. The quantitative estimate of drug-likeness (QED) is 0.534. The van der Waals surface area contributed by atoms with E-state index in [1.807, 2.05) is 47.4 Å². The third-order valence-corrected chi connectivity index (χ3v) is 5.74. The largest absolute Gasteiger partial charge is 0.493 e. The predicted octanol–water partition coefficient (Wildman–Crippen LogP) is 4.65. The number of nitrogens with zero attached hydrogens (tertiary/aromatic N) is 2. The van der Waals surface area contributed by atoms with E-state index in [1.165, 1.54) is 5.56 Å². The summed E-state index contributed by atoms with van der Waals surface area (Å²) in [6.45, 7) is 4.08. The van der Waals surface area contributed by atoms with E-state index in [4.69, 9.17) is 9.47 Å². The SMILES string of the molecule is COc1ccc(CNC(C)c2ccc(N3CCCC3=O)cc2)cc1OCc1cccnc1. The minimum absolute atomic E-state index is 0.167. The van der Waals surface area contributed by atoms with Crippen LogP contribution < -0.4 is 19.7 Å². The molecule has 1 amide bonds. The maximum atomic E-state index is 11.9. The molecule has 166 valence electrons. The first-order valence-electron chi connectivity index (χ1n) is 11.0. The molecule has 1 aliphatic heterocycles. The van der Waals surface area contributed by atoms with Crippen LogP contribution in [0.1, 0.15) is 42.5 Å². The van der Waals surface area contributed by atoms with Crippen LogP contribution in [0, 0.1) is 0 Å². The van der Waals surface area contributed by atoms with Crippen molar-refractivity contribution in [3.8, 4) is 11.5 Å². The molecule has 1 saturated heterocycles. The summed E-state index contributed by atoms with van der Waals surface area (Å²) in [5.41, 5.74) is 4.28. The molecule has 3 aromatic rings. The van der Waals surface area contributed by atoms with Crippen molar-refractivity contribution in [1.82, 2.24) is 10.3 Å². The van der Waals surface area contributed by atoms with Gasteiger partial charge in [-0.05, 0) is 54.8 Å². The van der Waals surface area contributed by atoms with Gasteiger partial charge in [-0.3, -0.25) is 9.78 Å². The molecular weight excluding hydrogens is 402 g/mol. The van der Waals surface area contributed by atoms with Gasteiger partial charge in [-0.1, -0.05) is 24.3 Å². The predicted molar refractivity (Wildman–Crippen MR) is 125 cm³/mol. The van der Waals surface area contributed by atoms with Gasteiger partial charge in [0.2, 0.25) is 5.91 Å². The summed E-state index contributed by atoms with van der Waals surface area (Å²) in [6.07, 6.45) is 5.13. The van der Waals surface area contributed by atoms with Crippen LogP contribution in [0.15, 0.2) is 67.0 Å². The highest BCUT2D eigenvalue weighted by Crippen LogP contribution is 2.29. The van der Waals surface area contributed by atoms with E-state index < -0.39 is 0 Å². The smallest absolute Gasteiger partial charge is 0.227 e. The Balaban J connectivity index is 1.36. The summed E-state index contributed by atoms with van der Waals surface area (Å²) >= 11 is 0. The normalized spacial score (nSPS) is 14.4. The van der Waals surface area contributed by atoms with Crippen molar-refractivity contribution in [3.05, 3.63) is 83.7 Å². The minimum atomic E-state index is 0.167. The number of ether oxygens (including phenoxy) is 2. The van der Waals surface area contributed by atoms with E-state index in [-0.39, 0.29) is 11.9 Å². The van der Waals surface area contributed by atoms with E-state index in [2.05, 4.69) is 29.4 Å². The lowest BCUT2D eigenvalue weighted by Crippen LogP contribution is -2.23. The molecule has 6 nitrogen and oxygen atoms in total. The van der Waals surface area contributed by atoms with Gasteiger partial charge in [0.25, 0.3) is 0 Å². The van der Waals surface area contributed by atoms with Gasteiger partial charge in [-0.25, -0.2) is 0 Å². The zero-order valence-electron chi connectivity index (χ0n) is 18.6. The van der Waals surface area contributed by atoms with Gasteiger partial charge >= 0.3 is 0 Å². The lowest BCUT2D eigenvalue weighted by Gasteiger charge is -2.19. The van der Waals surface area contributed by atoms with Crippen molar-refractivity contribution in [3.63, 3.8) is 0 Å². The summed E-state index contributed by atoms with van der Waals surface area (Å²) in [5.74, 6) is 1.63. The molecule has 2 aromatic carbocycles. The van der Waals surface area contributed by atoms with E-state index in [1.54, 1.807) is 19.5 Å². The Kier molecular flexibility index (Phi) is 7.02. The maximum absolute atomic E-state index is 11.9. The third kappa shape index (κ3) is 5.26. The van der Waals surface area contributed by atoms with Crippen molar-refractivity contribution in [2.24, 2.45) is 0 Å². The fourth-order valence-electron chi connectivity index (χ4n) is 3.84. The summed E-state index contributed by atoms with van der Waals surface area (Å²) in [5, 5.41) is 3.56. The number of hydrogen-bond donors (Lipinski definition) is 1. The number of carbonyl (C=O) groups is 1. The maximum Gasteiger partial charge on any atom is 0.227 e. The van der Waals surface area contributed by atoms with Crippen LogP contribution in [0.5, 0.6) is 11.5 Å². The molecule has 1 aliphatic rings. The number of anilines is 1. The van der Waals surface area contributed by atoms with E-state index in [0.29, 0.717) is 31.1 Å². The molecule has 1 aromatic heterocycles. The van der Waals surface area contributed by atoms with Crippen molar-refractivity contribution in [1.29, 1.82) is 0 Å². The topological polar surface area (TPSA) is 63.7 Å². The molecule has 0 aliphatic carbocycles. The van der Waals surface area contributed by atoms with Crippen molar-refractivity contribution < 1.29 is 14.3 Å². The van der Waals surface area contributed by atoms with Gasteiger partial charge in [-0.2, -0.15) is 0 Å². The first-order chi connectivity index (χ1) is 15.6. The second-order valence-corrected chi connectivity index (χ2v) is 7.98. The van der Waals surface area contributed by atoms with Gasteiger partial charge in [0.15, 0.2) is 11.5 Å². The highest BCUT2D eigenvalue weighted by atomic mass is 16.5. The second kappa shape index (κ2) is 10.3. The minimum Gasteiger partial charge on any atom is -0.493 e. The molecular formula is C26H29N3O3. The molecule has 1 fully saturated rings. The number of carbonyl (C=O) groups excluding carboxylic acids is 1. The van der Waals surface area contributed by atoms with E-state index in [0.717, 1.165) is 29.8 Å². The first kappa shape index (κ1) is 21.8. The summed E-state index contributed by atoms with van der Waals surface area (Å²) < 4.78 is 11.4. The van der Waals surface area contributed by atoms with E-state index in [9.17, 15) is 4.79 Å². The molecule has 0 bridgehead atoms. The standard InChI is InChI=1S/C26H29N3O3/c1-19(22-8-10-23(11-9-22)29-14-4-6-26(29)30)28-17-20-7-12-24(31-2)25(15-20)32-18-21-5-3-13-27-16-21/h3,5,7-13,15-16,19,28H,4,6,14,17-18H2,1-2H3. The van der Waals surface area contributed by atoms with Crippen molar-refractivity contribution >= 4 is 11.6 Å². The lowest BCUT2D eigenvalue weighted by molar-refractivity contribution is -0.117. The van der Waals surface area contributed by atoms with Gasteiger partial charge < -0.3 is 19.7 Å². The molecule has 0 radical (unpaired) electrons. The van der Waals surface area contributed by atoms with Gasteiger partial charge in [0, 0.05) is 49.2 Å². The molecule has 32 heavy (non-hydrogen) atoms. The molecule has 1 atom stereocenters. The summed E-state index contributed by atoms with van der Waals surface area (Å²) in [7, 11) is 1.64. The Bertz CT molecular complexity index is 1040. The number of nitrogens with one attached hydrogen (secondary N) is 1. The molecule has 1 unspecified atom stereocenters. The molecule has 1 N–H and O–H groups in total. The first-order valence-corrected chi connectivity index (χ1v) is 11.0. The fourth-order valence-corrected chi connectivity index (χ4v) is 3.84. The molecule has 2 heterocycles. The summed E-state index contributed by atoms with van der Waals surface area (Å²) in [4.78, 5) is 17.9. The molecule has 0 saturated carbocycles. The number of benzene rings is 2. The van der Waals surface area contributed by atoms with Crippen LogP contribution in [0.3, 0.4) is 0 Å². The average Bonchev–Trinajstić information content (AvgIpc) is 3.27. The van der Waals surface area contributed by atoms with Crippen molar-refractivity contribution in [2.45, 2.75) is 39.0 Å². The number of hydrogen-bond acceptors (Lipinski definition) is 5. The number of methoxy groups -OCH3 is 1. The van der Waals surface area contributed by atoms with Crippen LogP contribution in [0.25, 0.3) is 0 Å². The number of aromatic nitrogens is 1. The number of amides is 1. The van der Waals surface area contributed by atoms with Gasteiger partial charge in [0.1, 0.15) is 6.61 Å². The van der Waals surface area contributed by atoms with Crippen LogP contribution in [-0.2, 0) is 17.9 Å². The van der Waals surface area contributed by atoms with Gasteiger partial charge in [0.05, 0.1) is 7.11 Å². The van der Waals surface area contributed by atoms with Crippen LogP contribution >= 0.6 is 0 Å². The Morgan fingerprint density at radius 1 is 1.09 bits per heavy atom. The van der Waals surface area contributed by atoms with Crippen molar-refractivity contribution in [2.75, 3.05) is 18.6 Å². The van der Waals surface area contributed by atoms with Crippen LogP contribution in [0.4, 0.5) is 5.69 Å². The molecule has 6 heteroatoms. The van der Waals surface area contributed by atoms with E-state index >= 15 is 0 Å². The molecule has 4 rings (SSSR count). The zero-order valence-corrected chi connectivity index (χ0v) is 18.6. The number of rotatable bonds is 9. The van der Waals surface area contributed by atoms with Gasteiger partial charge in [-0.15, -0.1) is 0 Å². The monoisotopic (exact) mass is 431 g/mol.